The Morgan fingerprint density at radius 1 is 1.31 bits per heavy atom. The molecule has 0 aliphatic carbocycles. The Bertz CT molecular complexity index is 272. The van der Waals surface area contributed by atoms with Gasteiger partial charge in [-0.15, -0.1) is 0 Å². The molecular formula is C11H19N3O2. The van der Waals surface area contributed by atoms with Crippen molar-refractivity contribution in [2.45, 2.75) is 44.2 Å². The summed E-state index contributed by atoms with van der Waals surface area (Å²) in [7, 11) is 0. The van der Waals surface area contributed by atoms with Crippen molar-refractivity contribution in [3.8, 4) is 0 Å². The highest BCUT2D eigenvalue weighted by Crippen LogP contribution is 2.08. The van der Waals surface area contributed by atoms with E-state index in [9.17, 15) is 9.59 Å². The van der Waals surface area contributed by atoms with E-state index in [4.69, 9.17) is 0 Å². The van der Waals surface area contributed by atoms with Crippen LogP contribution in [0, 0.1) is 0 Å². The molecule has 16 heavy (non-hydrogen) atoms. The Labute approximate surface area is 95.3 Å². The van der Waals surface area contributed by atoms with E-state index in [2.05, 4.69) is 16.0 Å². The molecule has 0 saturated carbocycles. The number of hydrogen-bond donors (Lipinski definition) is 3. The van der Waals surface area contributed by atoms with Crippen molar-refractivity contribution in [1.29, 1.82) is 0 Å². The normalized spacial score (nSPS) is 30.6. The summed E-state index contributed by atoms with van der Waals surface area (Å²) in [6.45, 7) is 1.87. The summed E-state index contributed by atoms with van der Waals surface area (Å²) in [6.07, 6.45) is 4.45. The van der Waals surface area contributed by atoms with Gasteiger partial charge in [0.2, 0.25) is 11.8 Å². The molecule has 2 aliphatic heterocycles. The van der Waals surface area contributed by atoms with Gasteiger partial charge in [0.15, 0.2) is 0 Å². The summed E-state index contributed by atoms with van der Waals surface area (Å²) in [5, 5.41) is 8.99. The fraction of sp³-hybridized carbons (Fsp3) is 0.818. The molecule has 2 saturated heterocycles. The van der Waals surface area contributed by atoms with Crippen molar-refractivity contribution in [1.82, 2.24) is 16.0 Å². The first-order chi connectivity index (χ1) is 7.75. The first-order valence-electron chi connectivity index (χ1n) is 6.06. The van der Waals surface area contributed by atoms with E-state index in [0.29, 0.717) is 12.8 Å². The average Bonchev–Trinajstić information content (AvgIpc) is 2.54. The van der Waals surface area contributed by atoms with Gasteiger partial charge in [0.25, 0.3) is 0 Å². The molecule has 3 N–H and O–H groups in total. The third-order valence-corrected chi connectivity index (χ3v) is 3.21. The Morgan fingerprint density at radius 3 is 2.94 bits per heavy atom. The fourth-order valence-electron chi connectivity index (χ4n) is 2.25. The molecule has 0 aromatic carbocycles. The molecule has 5 heteroatoms. The quantitative estimate of drug-likeness (QED) is 0.594. The maximum absolute atomic E-state index is 11.8. The van der Waals surface area contributed by atoms with E-state index in [1.54, 1.807) is 0 Å². The zero-order valence-corrected chi connectivity index (χ0v) is 9.42. The van der Waals surface area contributed by atoms with Gasteiger partial charge in [-0.25, -0.2) is 0 Å². The lowest BCUT2D eigenvalue weighted by atomic mass is 10.1. The first kappa shape index (κ1) is 11.4. The van der Waals surface area contributed by atoms with Crippen LogP contribution in [-0.4, -0.2) is 37.0 Å². The van der Waals surface area contributed by atoms with Crippen LogP contribution >= 0.6 is 0 Å². The molecule has 0 radical (unpaired) electrons. The molecule has 2 rings (SSSR count). The molecule has 0 bridgehead atoms. The second-order valence-corrected chi connectivity index (χ2v) is 4.56. The summed E-state index contributed by atoms with van der Waals surface area (Å²) in [4.78, 5) is 22.8. The van der Waals surface area contributed by atoms with E-state index >= 15 is 0 Å². The number of nitrogens with one attached hydrogen (secondary N) is 3. The van der Waals surface area contributed by atoms with Gasteiger partial charge in [-0.1, -0.05) is 6.42 Å². The molecular weight excluding hydrogens is 206 g/mol. The van der Waals surface area contributed by atoms with Crippen LogP contribution in [0.15, 0.2) is 0 Å². The molecule has 1 unspecified atom stereocenters. The van der Waals surface area contributed by atoms with Gasteiger partial charge in [0.05, 0.1) is 0 Å². The predicted molar refractivity (Wildman–Crippen MR) is 59.8 cm³/mol. The maximum Gasteiger partial charge on any atom is 0.242 e. The van der Waals surface area contributed by atoms with Crippen LogP contribution in [0.4, 0.5) is 0 Å². The number of rotatable bonds is 2. The summed E-state index contributed by atoms with van der Waals surface area (Å²) < 4.78 is 0. The molecule has 2 heterocycles. The summed E-state index contributed by atoms with van der Waals surface area (Å²) >= 11 is 0. The molecule has 5 nitrogen and oxygen atoms in total. The molecule has 0 aromatic heterocycles. The molecule has 2 atom stereocenters. The minimum absolute atomic E-state index is 0.0147. The van der Waals surface area contributed by atoms with Crippen LogP contribution in [-0.2, 0) is 9.59 Å². The van der Waals surface area contributed by atoms with Crippen LogP contribution < -0.4 is 16.0 Å². The van der Waals surface area contributed by atoms with E-state index < -0.39 is 0 Å². The average molecular weight is 225 g/mol. The van der Waals surface area contributed by atoms with Crippen LogP contribution in [0.1, 0.15) is 32.1 Å². The second kappa shape index (κ2) is 5.30. The van der Waals surface area contributed by atoms with Gasteiger partial charge in [-0.2, -0.15) is 0 Å². The number of carbonyl (C=O) groups is 2. The van der Waals surface area contributed by atoms with Crippen LogP contribution in [0.25, 0.3) is 0 Å². The highest BCUT2D eigenvalue weighted by Gasteiger charge is 2.28. The molecule has 2 fully saturated rings. The van der Waals surface area contributed by atoms with Crippen molar-refractivity contribution in [2.24, 2.45) is 0 Å². The van der Waals surface area contributed by atoms with E-state index in [0.717, 1.165) is 25.9 Å². The van der Waals surface area contributed by atoms with Crippen molar-refractivity contribution >= 4 is 11.8 Å². The van der Waals surface area contributed by atoms with E-state index in [1.165, 1.54) is 6.42 Å². The zero-order chi connectivity index (χ0) is 11.4. The molecule has 2 amide bonds. The van der Waals surface area contributed by atoms with Crippen molar-refractivity contribution in [3.63, 3.8) is 0 Å². The van der Waals surface area contributed by atoms with Gasteiger partial charge in [0, 0.05) is 19.0 Å². The van der Waals surface area contributed by atoms with Crippen LogP contribution in [0.3, 0.4) is 0 Å². The Balaban J connectivity index is 1.79. The Morgan fingerprint density at radius 2 is 2.19 bits per heavy atom. The minimum atomic E-state index is -0.309. The third kappa shape index (κ3) is 2.95. The lowest BCUT2D eigenvalue weighted by molar-refractivity contribution is -0.126. The van der Waals surface area contributed by atoms with Crippen LogP contribution in [0.2, 0.25) is 0 Å². The molecule has 0 spiro atoms. The molecule has 2 aliphatic rings. The third-order valence-electron chi connectivity index (χ3n) is 3.21. The zero-order valence-electron chi connectivity index (χ0n) is 9.42. The van der Waals surface area contributed by atoms with Gasteiger partial charge in [0.1, 0.15) is 6.04 Å². The molecule has 0 aromatic rings. The fourth-order valence-corrected chi connectivity index (χ4v) is 2.25. The van der Waals surface area contributed by atoms with Crippen molar-refractivity contribution in [2.75, 3.05) is 13.1 Å². The SMILES string of the molecule is O=C1CC[C@@H](C(=O)NC2CCCCNC2)N1. The largest absolute Gasteiger partial charge is 0.350 e. The lowest BCUT2D eigenvalue weighted by Crippen LogP contribution is -2.48. The minimum Gasteiger partial charge on any atom is -0.350 e. The first-order valence-corrected chi connectivity index (χ1v) is 6.06. The number of hydrogen-bond acceptors (Lipinski definition) is 3. The number of carbonyl (C=O) groups excluding carboxylic acids is 2. The summed E-state index contributed by atoms with van der Waals surface area (Å²) in [6, 6.07) is -0.0942. The van der Waals surface area contributed by atoms with Gasteiger partial charge >= 0.3 is 0 Å². The van der Waals surface area contributed by atoms with Gasteiger partial charge in [-0.05, 0) is 25.8 Å². The Kier molecular flexibility index (Phi) is 3.77. The van der Waals surface area contributed by atoms with Crippen molar-refractivity contribution in [3.05, 3.63) is 0 Å². The predicted octanol–water partition coefficient (Wildman–Crippen LogP) is -0.477. The van der Waals surface area contributed by atoms with E-state index in [1.807, 2.05) is 0 Å². The summed E-state index contributed by atoms with van der Waals surface area (Å²) in [5.41, 5.74) is 0. The highest BCUT2D eigenvalue weighted by molar-refractivity contribution is 5.90. The van der Waals surface area contributed by atoms with Crippen LogP contribution in [0.5, 0.6) is 0 Å². The maximum atomic E-state index is 11.8. The smallest absolute Gasteiger partial charge is 0.242 e. The second-order valence-electron chi connectivity index (χ2n) is 4.56. The van der Waals surface area contributed by atoms with E-state index in [-0.39, 0.29) is 23.9 Å². The lowest BCUT2D eigenvalue weighted by Gasteiger charge is -2.19. The van der Waals surface area contributed by atoms with Crippen molar-refractivity contribution < 1.29 is 9.59 Å². The number of amides is 2. The highest BCUT2D eigenvalue weighted by atomic mass is 16.2. The van der Waals surface area contributed by atoms with Gasteiger partial charge < -0.3 is 16.0 Å². The molecule has 90 valence electrons. The Hall–Kier alpha value is -1.10. The summed E-state index contributed by atoms with van der Waals surface area (Å²) in [5.74, 6) is -0.0429. The van der Waals surface area contributed by atoms with Gasteiger partial charge in [-0.3, -0.25) is 9.59 Å². The topological polar surface area (TPSA) is 70.2 Å². The standard InChI is InChI=1S/C11H19N3O2/c15-10-5-4-9(14-10)11(16)13-8-3-1-2-6-12-7-8/h8-9,12H,1-7H2,(H,13,16)(H,14,15)/t8?,9-/m0/s1. The monoisotopic (exact) mass is 225 g/mol.